The minimum Gasteiger partial charge on any atom is -0.508 e. The van der Waals surface area contributed by atoms with Crippen molar-refractivity contribution in [2.75, 3.05) is 6.54 Å². The third kappa shape index (κ3) is 2.36. The molecule has 3 rings (SSSR count). The Kier molecular flexibility index (Phi) is 3.03. The molecule has 0 amide bonds. The SMILES string of the molecule is NCC1(Cc2cccc(O)c2)Cc2ccccc2C1. The smallest absolute Gasteiger partial charge is 0.115 e. The van der Waals surface area contributed by atoms with Crippen LogP contribution in [0.1, 0.15) is 16.7 Å². The summed E-state index contributed by atoms with van der Waals surface area (Å²) in [5, 5.41) is 9.59. The van der Waals surface area contributed by atoms with Crippen molar-refractivity contribution in [1.29, 1.82) is 0 Å². The fourth-order valence-corrected chi connectivity index (χ4v) is 3.21. The highest BCUT2D eigenvalue weighted by Crippen LogP contribution is 2.39. The molecule has 1 aliphatic carbocycles. The molecule has 1 aliphatic rings. The van der Waals surface area contributed by atoms with E-state index in [0.29, 0.717) is 12.3 Å². The van der Waals surface area contributed by atoms with Gasteiger partial charge in [-0.15, -0.1) is 0 Å². The molecule has 0 spiro atoms. The van der Waals surface area contributed by atoms with E-state index in [0.717, 1.165) is 19.3 Å². The first-order valence-electron chi connectivity index (χ1n) is 6.76. The average molecular weight is 253 g/mol. The van der Waals surface area contributed by atoms with Crippen molar-refractivity contribution < 1.29 is 5.11 Å². The molecule has 0 bridgehead atoms. The Balaban J connectivity index is 1.87. The van der Waals surface area contributed by atoms with Crippen LogP contribution in [0.2, 0.25) is 0 Å². The molecule has 0 heterocycles. The van der Waals surface area contributed by atoms with E-state index in [1.165, 1.54) is 16.7 Å². The Morgan fingerprint density at radius 2 is 1.68 bits per heavy atom. The van der Waals surface area contributed by atoms with Gasteiger partial charge in [-0.05, 0) is 60.0 Å². The van der Waals surface area contributed by atoms with Gasteiger partial charge < -0.3 is 10.8 Å². The van der Waals surface area contributed by atoms with E-state index in [-0.39, 0.29) is 5.41 Å². The highest BCUT2D eigenvalue weighted by Gasteiger charge is 2.35. The molecule has 0 aliphatic heterocycles. The normalized spacial score (nSPS) is 16.3. The Morgan fingerprint density at radius 3 is 2.26 bits per heavy atom. The fourth-order valence-electron chi connectivity index (χ4n) is 3.21. The summed E-state index contributed by atoms with van der Waals surface area (Å²) in [5.74, 6) is 0.334. The Morgan fingerprint density at radius 1 is 1.00 bits per heavy atom. The maximum atomic E-state index is 9.59. The van der Waals surface area contributed by atoms with Crippen molar-refractivity contribution in [3.63, 3.8) is 0 Å². The fraction of sp³-hybridized carbons (Fsp3) is 0.294. The van der Waals surface area contributed by atoms with Gasteiger partial charge in [0.1, 0.15) is 5.75 Å². The van der Waals surface area contributed by atoms with Gasteiger partial charge in [0.05, 0.1) is 0 Å². The van der Waals surface area contributed by atoms with Gasteiger partial charge in [0.15, 0.2) is 0 Å². The van der Waals surface area contributed by atoms with Crippen LogP contribution in [-0.4, -0.2) is 11.7 Å². The van der Waals surface area contributed by atoms with Crippen LogP contribution in [-0.2, 0) is 19.3 Å². The molecular formula is C17H19NO. The molecular weight excluding hydrogens is 234 g/mol. The van der Waals surface area contributed by atoms with E-state index in [1.54, 1.807) is 6.07 Å². The monoisotopic (exact) mass is 253 g/mol. The summed E-state index contributed by atoms with van der Waals surface area (Å²) in [5.41, 5.74) is 10.2. The number of phenolic OH excluding ortho intramolecular Hbond substituents is 1. The molecule has 98 valence electrons. The van der Waals surface area contributed by atoms with Gasteiger partial charge in [-0.2, -0.15) is 0 Å². The van der Waals surface area contributed by atoms with Crippen LogP contribution in [0, 0.1) is 5.41 Å². The highest BCUT2D eigenvalue weighted by atomic mass is 16.3. The van der Waals surface area contributed by atoms with Crippen LogP contribution in [0.15, 0.2) is 48.5 Å². The molecule has 19 heavy (non-hydrogen) atoms. The van der Waals surface area contributed by atoms with Gasteiger partial charge in [-0.3, -0.25) is 0 Å². The van der Waals surface area contributed by atoms with E-state index in [4.69, 9.17) is 5.73 Å². The number of phenols is 1. The van der Waals surface area contributed by atoms with Crippen LogP contribution < -0.4 is 5.73 Å². The molecule has 2 nitrogen and oxygen atoms in total. The van der Waals surface area contributed by atoms with Crippen LogP contribution in [0.25, 0.3) is 0 Å². The van der Waals surface area contributed by atoms with Gasteiger partial charge in [-0.25, -0.2) is 0 Å². The van der Waals surface area contributed by atoms with Crippen LogP contribution in [0.5, 0.6) is 5.75 Å². The summed E-state index contributed by atoms with van der Waals surface area (Å²) in [4.78, 5) is 0. The molecule has 2 aromatic carbocycles. The first kappa shape index (κ1) is 12.2. The maximum Gasteiger partial charge on any atom is 0.115 e. The summed E-state index contributed by atoms with van der Waals surface area (Å²) in [6.07, 6.45) is 3.00. The summed E-state index contributed by atoms with van der Waals surface area (Å²) in [6, 6.07) is 16.1. The van der Waals surface area contributed by atoms with Crippen LogP contribution >= 0.6 is 0 Å². The largest absolute Gasteiger partial charge is 0.508 e. The van der Waals surface area contributed by atoms with Crippen LogP contribution in [0.3, 0.4) is 0 Å². The van der Waals surface area contributed by atoms with Crippen LogP contribution in [0.4, 0.5) is 0 Å². The van der Waals surface area contributed by atoms with E-state index in [9.17, 15) is 5.11 Å². The lowest BCUT2D eigenvalue weighted by Gasteiger charge is -2.27. The first-order valence-corrected chi connectivity index (χ1v) is 6.76. The van der Waals surface area contributed by atoms with Crippen molar-refractivity contribution in [3.05, 3.63) is 65.2 Å². The molecule has 2 aromatic rings. The Labute approximate surface area is 113 Å². The predicted octanol–water partition coefficient (Wildman–Crippen LogP) is 2.68. The maximum absolute atomic E-state index is 9.59. The zero-order valence-corrected chi connectivity index (χ0v) is 11.0. The van der Waals surface area contributed by atoms with Gasteiger partial charge in [0, 0.05) is 0 Å². The molecule has 0 saturated heterocycles. The molecule has 0 aromatic heterocycles. The molecule has 0 saturated carbocycles. The Bertz CT molecular complexity index is 566. The van der Waals surface area contributed by atoms with Crippen molar-refractivity contribution in [1.82, 2.24) is 0 Å². The van der Waals surface area contributed by atoms with E-state index in [2.05, 4.69) is 30.3 Å². The minimum atomic E-state index is 0.109. The summed E-state index contributed by atoms with van der Waals surface area (Å²) >= 11 is 0. The number of hydrogen-bond donors (Lipinski definition) is 2. The first-order chi connectivity index (χ1) is 9.21. The second-order valence-electron chi connectivity index (χ2n) is 5.67. The molecule has 2 heteroatoms. The van der Waals surface area contributed by atoms with Crippen molar-refractivity contribution >= 4 is 0 Å². The van der Waals surface area contributed by atoms with Crippen molar-refractivity contribution in [2.45, 2.75) is 19.3 Å². The molecule has 0 unspecified atom stereocenters. The lowest BCUT2D eigenvalue weighted by molar-refractivity contribution is 0.314. The summed E-state index contributed by atoms with van der Waals surface area (Å²) < 4.78 is 0. The third-order valence-electron chi connectivity index (χ3n) is 4.17. The van der Waals surface area contributed by atoms with E-state index >= 15 is 0 Å². The summed E-state index contributed by atoms with van der Waals surface area (Å²) in [6.45, 7) is 0.678. The molecule has 0 radical (unpaired) electrons. The average Bonchev–Trinajstić information content (AvgIpc) is 2.77. The van der Waals surface area contributed by atoms with E-state index in [1.807, 2.05) is 12.1 Å². The lowest BCUT2D eigenvalue weighted by Crippen LogP contribution is -2.33. The van der Waals surface area contributed by atoms with Crippen molar-refractivity contribution in [2.24, 2.45) is 11.1 Å². The quantitative estimate of drug-likeness (QED) is 0.883. The number of aromatic hydroxyl groups is 1. The lowest BCUT2D eigenvalue weighted by atomic mass is 9.79. The Hall–Kier alpha value is -1.80. The number of nitrogens with two attached hydrogens (primary N) is 1. The summed E-state index contributed by atoms with van der Waals surface area (Å²) in [7, 11) is 0. The predicted molar refractivity (Wildman–Crippen MR) is 77.1 cm³/mol. The van der Waals surface area contributed by atoms with Gasteiger partial charge in [0.2, 0.25) is 0 Å². The van der Waals surface area contributed by atoms with Gasteiger partial charge in [0.25, 0.3) is 0 Å². The second-order valence-corrected chi connectivity index (χ2v) is 5.67. The number of rotatable bonds is 3. The zero-order chi connectivity index (χ0) is 13.3. The van der Waals surface area contributed by atoms with E-state index < -0.39 is 0 Å². The van der Waals surface area contributed by atoms with Gasteiger partial charge in [-0.1, -0.05) is 36.4 Å². The number of hydrogen-bond acceptors (Lipinski definition) is 2. The number of benzene rings is 2. The zero-order valence-electron chi connectivity index (χ0n) is 11.0. The molecule has 0 atom stereocenters. The second kappa shape index (κ2) is 4.71. The number of fused-ring (bicyclic) bond motifs is 1. The molecule has 3 N–H and O–H groups in total. The minimum absolute atomic E-state index is 0.109. The topological polar surface area (TPSA) is 46.2 Å². The highest BCUT2D eigenvalue weighted by molar-refractivity contribution is 5.36. The standard InChI is InChI=1S/C17H19NO/c18-12-17(9-13-4-3-7-16(19)8-13)10-14-5-1-2-6-15(14)11-17/h1-8,19H,9-12,18H2. The third-order valence-corrected chi connectivity index (χ3v) is 4.17. The van der Waals surface area contributed by atoms with Crippen molar-refractivity contribution in [3.8, 4) is 5.75 Å². The molecule has 0 fully saturated rings. The van der Waals surface area contributed by atoms with Gasteiger partial charge >= 0.3 is 0 Å².